The van der Waals surface area contributed by atoms with E-state index >= 15 is 0 Å². The fourth-order valence-corrected chi connectivity index (χ4v) is 5.91. The standard InChI is InChI=1S/C29H31BrF3N3O4S/c1-3-4-16-34-28(38)21(2)35(19-22-10-8-12-24(30)17-22)27(37)20-36(41(39,40)26-14-6-5-7-15-26)25-13-9-11-23(18-25)29(31,32)33/h5-15,17-18,21H,3-4,16,19-20H2,1-2H3,(H,34,38). The summed E-state index contributed by atoms with van der Waals surface area (Å²) in [4.78, 5) is 27.9. The molecule has 0 aliphatic heterocycles. The number of anilines is 1. The van der Waals surface area contributed by atoms with Crippen LogP contribution >= 0.6 is 15.9 Å². The van der Waals surface area contributed by atoms with Crippen LogP contribution < -0.4 is 9.62 Å². The third kappa shape index (κ3) is 8.56. The minimum atomic E-state index is -4.74. The maximum Gasteiger partial charge on any atom is 0.416 e. The van der Waals surface area contributed by atoms with Crippen LogP contribution in [-0.2, 0) is 32.3 Å². The number of sulfonamides is 1. The molecule has 3 aromatic carbocycles. The number of rotatable bonds is 12. The molecule has 0 spiro atoms. The Morgan fingerprint density at radius 1 is 0.976 bits per heavy atom. The van der Waals surface area contributed by atoms with E-state index in [2.05, 4.69) is 21.2 Å². The lowest BCUT2D eigenvalue weighted by atomic mass is 10.1. The molecule has 41 heavy (non-hydrogen) atoms. The van der Waals surface area contributed by atoms with Gasteiger partial charge in [0.15, 0.2) is 0 Å². The van der Waals surface area contributed by atoms with E-state index in [1.54, 1.807) is 30.3 Å². The van der Waals surface area contributed by atoms with Gasteiger partial charge in [0.2, 0.25) is 11.8 Å². The zero-order valence-electron chi connectivity index (χ0n) is 22.6. The van der Waals surface area contributed by atoms with Gasteiger partial charge in [-0.3, -0.25) is 13.9 Å². The van der Waals surface area contributed by atoms with E-state index in [0.717, 1.165) is 29.4 Å². The molecule has 7 nitrogen and oxygen atoms in total. The van der Waals surface area contributed by atoms with Crippen LogP contribution in [0.1, 0.15) is 37.8 Å². The second kappa shape index (κ2) is 14.0. The van der Waals surface area contributed by atoms with Crippen molar-refractivity contribution in [2.75, 3.05) is 17.4 Å². The molecule has 0 saturated carbocycles. The van der Waals surface area contributed by atoms with Crippen LogP contribution in [0.2, 0.25) is 0 Å². The zero-order chi connectivity index (χ0) is 30.2. The first kappa shape index (κ1) is 32.1. The van der Waals surface area contributed by atoms with Gasteiger partial charge >= 0.3 is 6.18 Å². The molecule has 0 aromatic heterocycles. The average molecular weight is 655 g/mol. The second-order valence-corrected chi connectivity index (χ2v) is 12.1. The van der Waals surface area contributed by atoms with E-state index in [0.29, 0.717) is 22.5 Å². The average Bonchev–Trinajstić information content (AvgIpc) is 2.94. The molecule has 0 aliphatic carbocycles. The van der Waals surface area contributed by atoms with Crippen molar-refractivity contribution in [1.29, 1.82) is 0 Å². The molecule has 0 saturated heterocycles. The normalized spacial score (nSPS) is 12.4. The molecular formula is C29H31BrF3N3O4S. The van der Waals surface area contributed by atoms with Crippen molar-refractivity contribution in [1.82, 2.24) is 10.2 Å². The quantitative estimate of drug-likeness (QED) is 0.243. The van der Waals surface area contributed by atoms with E-state index in [9.17, 15) is 31.2 Å². The molecule has 1 atom stereocenters. The summed E-state index contributed by atoms with van der Waals surface area (Å²) in [6.07, 6.45) is -3.16. The largest absolute Gasteiger partial charge is 0.416 e. The third-order valence-electron chi connectivity index (χ3n) is 6.31. The van der Waals surface area contributed by atoms with Crippen molar-refractivity contribution in [2.45, 2.75) is 50.3 Å². The summed E-state index contributed by atoms with van der Waals surface area (Å²) in [7, 11) is -4.48. The molecule has 0 fully saturated rings. The minimum absolute atomic E-state index is 0.0392. The summed E-state index contributed by atoms with van der Waals surface area (Å²) in [6, 6.07) is 17.0. The van der Waals surface area contributed by atoms with E-state index in [1.807, 2.05) is 6.92 Å². The first-order valence-corrected chi connectivity index (χ1v) is 15.1. The Morgan fingerprint density at radius 2 is 1.66 bits per heavy atom. The molecule has 0 aliphatic rings. The van der Waals surface area contributed by atoms with Crippen LogP contribution in [-0.4, -0.2) is 44.3 Å². The number of nitrogens with one attached hydrogen (secondary N) is 1. The van der Waals surface area contributed by atoms with Crippen molar-refractivity contribution >= 4 is 43.5 Å². The zero-order valence-corrected chi connectivity index (χ0v) is 25.0. The number of amides is 2. The second-order valence-electron chi connectivity index (χ2n) is 9.34. The van der Waals surface area contributed by atoms with E-state index < -0.39 is 46.2 Å². The molecule has 3 rings (SSSR count). The molecule has 12 heteroatoms. The first-order valence-electron chi connectivity index (χ1n) is 12.9. The van der Waals surface area contributed by atoms with Gasteiger partial charge in [0.25, 0.3) is 10.0 Å². The summed E-state index contributed by atoms with van der Waals surface area (Å²) >= 11 is 3.38. The molecular weight excluding hydrogens is 623 g/mol. The summed E-state index contributed by atoms with van der Waals surface area (Å²) in [5.41, 5.74) is -0.734. The van der Waals surface area contributed by atoms with E-state index in [-0.39, 0.29) is 17.1 Å². The number of carbonyl (C=O) groups excluding carboxylic acids is 2. The van der Waals surface area contributed by atoms with Crippen LogP contribution in [0.15, 0.2) is 88.2 Å². The third-order valence-corrected chi connectivity index (χ3v) is 8.59. The maximum atomic E-state index is 13.9. The fourth-order valence-electron chi connectivity index (χ4n) is 4.04. The van der Waals surface area contributed by atoms with Crippen LogP contribution in [0.4, 0.5) is 18.9 Å². The highest BCUT2D eigenvalue weighted by atomic mass is 79.9. The van der Waals surface area contributed by atoms with Crippen LogP contribution in [0.5, 0.6) is 0 Å². The predicted molar refractivity (Wildman–Crippen MR) is 154 cm³/mol. The van der Waals surface area contributed by atoms with Crippen LogP contribution in [0.3, 0.4) is 0 Å². The van der Waals surface area contributed by atoms with Crippen molar-refractivity contribution in [3.8, 4) is 0 Å². The molecule has 0 radical (unpaired) electrons. The molecule has 2 amide bonds. The summed E-state index contributed by atoms with van der Waals surface area (Å²) in [5.74, 6) is -1.20. The minimum Gasteiger partial charge on any atom is -0.354 e. The van der Waals surface area contributed by atoms with Gasteiger partial charge in [-0.15, -0.1) is 0 Å². The Labute approximate surface area is 246 Å². The molecule has 0 heterocycles. The molecule has 1 unspecified atom stereocenters. The van der Waals surface area contributed by atoms with Crippen LogP contribution in [0.25, 0.3) is 0 Å². The molecule has 1 N–H and O–H groups in total. The van der Waals surface area contributed by atoms with Gasteiger partial charge in [-0.2, -0.15) is 13.2 Å². The highest BCUT2D eigenvalue weighted by Crippen LogP contribution is 2.33. The van der Waals surface area contributed by atoms with Crippen molar-refractivity contribution < 1.29 is 31.2 Å². The molecule has 3 aromatic rings. The van der Waals surface area contributed by atoms with Crippen LogP contribution in [0, 0.1) is 0 Å². The predicted octanol–water partition coefficient (Wildman–Crippen LogP) is 6.00. The van der Waals surface area contributed by atoms with Gasteiger partial charge in [-0.1, -0.05) is 65.7 Å². The number of hydrogen-bond donors (Lipinski definition) is 1. The Morgan fingerprint density at radius 3 is 2.29 bits per heavy atom. The van der Waals surface area contributed by atoms with E-state index in [4.69, 9.17) is 0 Å². The number of hydrogen-bond acceptors (Lipinski definition) is 4. The first-order chi connectivity index (χ1) is 19.3. The maximum absolute atomic E-state index is 13.9. The number of halogens is 4. The van der Waals surface area contributed by atoms with Gasteiger partial charge in [0, 0.05) is 17.6 Å². The smallest absolute Gasteiger partial charge is 0.354 e. The SMILES string of the molecule is CCCCNC(=O)C(C)N(Cc1cccc(Br)c1)C(=O)CN(c1cccc(C(F)(F)F)c1)S(=O)(=O)c1ccccc1. The Hall–Kier alpha value is -3.38. The van der Waals surface area contributed by atoms with Crippen molar-refractivity contribution in [2.24, 2.45) is 0 Å². The topological polar surface area (TPSA) is 86.8 Å². The lowest BCUT2D eigenvalue weighted by Crippen LogP contribution is -2.51. The Bertz CT molecular complexity index is 1450. The van der Waals surface area contributed by atoms with Crippen molar-refractivity contribution in [3.05, 3.63) is 94.5 Å². The number of benzene rings is 3. The molecule has 0 bridgehead atoms. The monoisotopic (exact) mass is 653 g/mol. The van der Waals surface area contributed by atoms with Gasteiger partial charge in [-0.25, -0.2) is 8.42 Å². The lowest BCUT2D eigenvalue weighted by molar-refractivity contribution is -0.139. The fraction of sp³-hybridized carbons (Fsp3) is 0.310. The number of unbranched alkanes of at least 4 members (excludes halogenated alkanes) is 1. The van der Waals surface area contributed by atoms with Gasteiger partial charge in [-0.05, 0) is 61.4 Å². The summed E-state index contributed by atoms with van der Waals surface area (Å²) in [5, 5.41) is 2.78. The number of nitrogens with zero attached hydrogens (tertiary/aromatic N) is 2. The van der Waals surface area contributed by atoms with Gasteiger partial charge < -0.3 is 10.2 Å². The highest BCUT2D eigenvalue weighted by molar-refractivity contribution is 9.10. The summed E-state index contributed by atoms with van der Waals surface area (Å²) < 4.78 is 69.5. The number of carbonyl (C=O) groups is 2. The van der Waals surface area contributed by atoms with Gasteiger partial charge in [0.1, 0.15) is 12.6 Å². The van der Waals surface area contributed by atoms with Crippen molar-refractivity contribution in [3.63, 3.8) is 0 Å². The van der Waals surface area contributed by atoms with E-state index in [1.165, 1.54) is 42.2 Å². The summed E-state index contributed by atoms with van der Waals surface area (Å²) in [6.45, 7) is 3.02. The lowest BCUT2D eigenvalue weighted by Gasteiger charge is -2.32. The Balaban J connectivity index is 2.05. The number of alkyl halides is 3. The highest BCUT2D eigenvalue weighted by Gasteiger charge is 2.35. The Kier molecular flexibility index (Phi) is 11.0. The molecule has 220 valence electrons. The van der Waals surface area contributed by atoms with Gasteiger partial charge in [0.05, 0.1) is 16.1 Å².